The maximum atomic E-state index is 14.2. The number of rotatable bonds is 13. The minimum absolute atomic E-state index is 0.0407. The van der Waals surface area contributed by atoms with Crippen molar-refractivity contribution >= 4 is 43.5 Å². The van der Waals surface area contributed by atoms with Crippen LogP contribution in [0.1, 0.15) is 49.8 Å². The number of sulfonamides is 1. The van der Waals surface area contributed by atoms with E-state index in [1.54, 1.807) is 12.1 Å². The summed E-state index contributed by atoms with van der Waals surface area (Å²) in [6.45, 7) is 6.11. The van der Waals surface area contributed by atoms with Crippen molar-refractivity contribution in [1.82, 2.24) is 10.2 Å². The highest BCUT2D eigenvalue weighted by atomic mass is 79.9. The van der Waals surface area contributed by atoms with Gasteiger partial charge in [-0.25, -0.2) is 8.42 Å². The second-order valence-corrected chi connectivity index (χ2v) is 13.0. The van der Waals surface area contributed by atoms with E-state index >= 15 is 0 Å². The summed E-state index contributed by atoms with van der Waals surface area (Å²) in [6, 6.07) is 23.4. The molecule has 0 spiro atoms. The molecule has 2 amide bonds. The van der Waals surface area contributed by atoms with Gasteiger partial charge in [0, 0.05) is 24.0 Å². The average molecular weight is 629 g/mol. The molecule has 9 heteroatoms. The molecule has 0 unspecified atom stereocenters. The molecule has 0 radical (unpaired) electrons. The van der Waals surface area contributed by atoms with Gasteiger partial charge < -0.3 is 10.2 Å². The van der Waals surface area contributed by atoms with Crippen LogP contribution in [-0.2, 0) is 32.6 Å². The highest BCUT2D eigenvalue weighted by Crippen LogP contribution is 2.29. The van der Waals surface area contributed by atoms with Crippen molar-refractivity contribution in [2.24, 2.45) is 0 Å². The van der Waals surface area contributed by atoms with Crippen LogP contribution in [0.5, 0.6) is 0 Å². The molecule has 0 aliphatic rings. The minimum Gasteiger partial charge on any atom is -0.354 e. The van der Waals surface area contributed by atoms with Crippen LogP contribution >= 0.6 is 15.9 Å². The van der Waals surface area contributed by atoms with Gasteiger partial charge in [0.25, 0.3) is 0 Å². The summed E-state index contributed by atoms with van der Waals surface area (Å²) in [5.41, 5.74) is 3.00. The summed E-state index contributed by atoms with van der Waals surface area (Å²) in [4.78, 5) is 29.3. The van der Waals surface area contributed by atoms with E-state index in [1.807, 2.05) is 87.5 Å². The van der Waals surface area contributed by atoms with Crippen LogP contribution in [0, 0.1) is 0 Å². The first-order valence-electron chi connectivity index (χ1n) is 13.4. The van der Waals surface area contributed by atoms with E-state index in [0.29, 0.717) is 12.2 Å². The third kappa shape index (κ3) is 8.66. The molecule has 1 atom stereocenters. The van der Waals surface area contributed by atoms with E-state index in [9.17, 15) is 18.0 Å². The number of amides is 2. The minimum atomic E-state index is -3.82. The molecule has 7 nitrogen and oxygen atoms in total. The Kier molecular flexibility index (Phi) is 11.3. The highest BCUT2D eigenvalue weighted by molar-refractivity contribution is 9.10. The van der Waals surface area contributed by atoms with Crippen molar-refractivity contribution in [2.75, 3.05) is 23.7 Å². The molecule has 3 rings (SSSR count). The van der Waals surface area contributed by atoms with Crippen molar-refractivity contribution in [3.8, 4) is 0 Å². The zero-order valence-electron chi connectivity index (χ0n) is 23.5. The number of halogens is 1. The van der Waals surface area contributed by atoms with Crippen LogP contribution in [0.3, 0.4) is 0 Å². The van der Waals surface area contributed by atoms with Gasteiger partial charge in [0.1, 0.15) is 12.6 Å². The molecule has 3 aromatic rings. The lowest BCUT2D eigenvalue weighted by Crippen LogP contribution is -2.53. The Morgan fingerprint density at radius 2 is 1.57 bits per heavy atom. The normalized spacial score (nSPS) is 12.2. The largest absolute Gasteiger partial charge is 0.354 e. The predicted octanol–water partition coefficient (Wildman–Crippen LogP) is 5.50. The number of benzene rings is 3. The molecule has 3 aromatic carbocycles. The third-order valence-electron chi connectivity index (χ3n) is 6.57. The maximum absolute atomic E-state index is 14.2. The molecule has 1 N–H and O–H groups in total. The van der Waals surface area contributed by atoms with Crippen LogP contribution in [0.2, 0.25) is 0 Å². The quantitative estimate of drug-likeness (QED) is 0.271. The van der Waals surface area contributed by atoms with Gasteiger partial charge in [-0.2, -0.15) is 0 Å². The van der Waals surface area contributed by atoms with Gasteiger partial charge in [0.05, 0.1) is 11.9 Å². The maximum Gasteiger partial charge on any atom is 0.244 e. The lowest BCUT2D eigenvalue weighted by molar-refractivity contribution is -0.140. The average Bonchev–Trinajstić information content (AvgIpc) is 2.92. The van der Waals surface area contributed by atoms with Gasteiger partial charge in [-0.15, -0.1) is 0 Å². The van der Waals surface area contributed by atoms with E-state index in [4.69, 9.17) is 0 Å². The van der Waals surface area contributed by atoms with E-state index in [-0.39, 0.29) is 24.8 Å². The van der Waals surface area contributed by atoms with Crippen LogP contribution in [0.25, 0.3) is 0 Å². The Morgan fingerprint density at radius 1 is 0.925 bits per heavy atom. The lowest BCUT2D eigenvalue weighted by Gasteiger charge is -2.34. The van der Waals surface area contributed by atoms with Gasteiger partial charge in [0.15, 0.2) is 0 Å². The van der Waals surface area contributed by atoms with Crippen molar-refractivity contribution in [1.29, 1.82) is 0 Å². The van der Waals surface area contributed by atoms with E-state index in [2.05, 4.69) is 21.2 Å². The summed E-state index contributed by atoms with van der Waals surface area (Å²) >= 11 is 3.49. The molecule has 0 saturated carbocycles. The summed E-state index contributed by atoms with van der Waals surface area (Å²) in [5, 5.41) is 2.95. The number of carbonyl (C=O) groups excluding carboxylic acids is 2. The van der Waals surface area contributed by atoms with Gasteiger partial charge in [-0.1, -0.05) is 97.4 Å². The first kappa shape index (κ1) is 31.4. The number of nitrogens with zero attached hydrogens (tertiary/aromatic N) is 2. The van der Waals surface area contributed by atoms with Gasteiger partial charge in [-0.3, -0.25) is 13.9 Å². The van der Waals surface area contributed by atoms with Crippen molar-refractivity contribution in [2.45, 2.75) is 52.1 Å². The number of carbonyl (C=O) groups is 2. The fraction of sp³-hybridized carbons (Fsp3) is 0.355. The Bertz CT molecular complexity index is 1400. The molecule has 0 saturated heterocycles. The lowest BCUT2D eigenvalue weighted by atomic mass is 10.0. The highest BCUT2D eigenvalue weighted by Gasteiger charge is 2.33. The zero-order chi connectivity index (χ0) is 29.3. The Labute approximate surface area is 246 Å². The number of hydrogen-bond donors (Lipinski definition) is 1. The van der Waals surface area contributed by atoms with Gasteiger partial charge in [0.2, 0.25) is 21.8 Å². The molecule has 40 heavy (non-hydrogen) atoms. The van der Waals surface area contributed by atoms with Gasteiger partial charge >= 0.3 is 0 Å². The Morgan fingerprint density at radius 3 is 2.20 bits per heavy atom. The van der Waals surface area contributed by atoms with E-state index < -0.39 is 28.5 Å². The van der Waals surface area contributed by atoms with Gasteiger partial charge in [-0.05, 0) is 47.2 Å². The SMILES string of the molecule is CCCNC(=O)[C@H](Cc1ccccc1)N(Cc1cccc(Br)c1)C(=O)CN(c1ccccc1C(C)C)S(C)(=O)=O. The van der Waals surface area contributed by atoms with Crippen molar-refractivity contribution in [3.05, 3.63) is 100 Å². The monoisotopic (exact) mass is 627 g/mol. The first-order valence-corrected chi connectivity index (χ1v) is 16.1. The number of anilines is 1. The molecule has 0 bridgehead atoms. The second kappa shape index (κ2) is 14.5. The zero-order valence-corrected chi connectivity index (χ0v) is 25.9. The molecular formula is C31H38BrN3O4S. The van der Waals surface area contributed by atoms with Crippen molar-refractivity contribution in [3.63, 3.8) is 0 Å². The van der Waals surface area contributed by atoms with E-state index in [0.717, 1.165) is 38.1 Å². The Balaban J connectivity index is 2.08. The Hall–Kier alpha value is -3.17. The summed E-state index contributed by atoms with van der Waals surface area (Å²) in [7, 11) is -3.82. The fourth-order valence-electron chi connectivity index (χ4n) is 4.55. The third-order valence-corrected chi connectivity index (χ3v) is 8.19. The number of nitrogens with one attached hydrogen (secondary N) is 1. The number of para-hydroxylation sites is 1. The first-order chi connectivity index (χ1) is 19.0. The molecular weight excluding hydrogens is 590 g/mol. The molecule has 214 valence electrons. The molecule has 0 fully saturated rings. The van der Waals surface area contributed by atoms with E-state index in [1.165, 1.54) is 4.90 Å². The van der Waals surface area contributed by atoms with Crippen LogP contribution < -0.4 is 9.62 Å². The predicted molar refractivity (Wildman–Crippen MR) is 165 cm³/mol. The van der Waals surface area contributed by atoms with Crippen LogP contribution in [0.15, 0.2) is 83.3 Å². The standard InChI is InChI=1S/C31H38BrN3O4S/c1-5-18-33-31(37)29(20-24-12-7-6-8-13-24)34(21-25-14-11-15-26(32)19-25)30(36)22-35(40(4,38)39)28-17-10-9-16-27(28)23(2)3/h6-17,19,23,29H,5,18,20-22H2,1-4H3,(H,33,37)/t29-/m0/s1. The smallest absolute Gasteiger partial charge is 0.244 e. The topological polar surface area (TPSA) is 86.8 Å². The molecule has 0 aromatic heterocycles. The molecule has 0 aliphatic carbocycles. The molecule has 0 heterocycles. The second-order valence-electron chi connectivity index (χ2n) is 10.1. The number of hydrogen-bond acceptors (Lipinski definition) is 4. The molecule has 0 aliphatic heterocycles. The fourth-order valence-corrected chi connectivity index (χ4v) is 5.86. The van der Waals surface area contributed by atoms with Crippen molar-refractivity contribution < 1.29 is 18.0 Å². The summed E-state index contributed by atoms with van der Waals surface area (Å²) < 4.78 is 28.1. The van der Waals surface area contributed by atoms with Crippen LogP contribution in [0.4, 0.5) is 5.69 Å². The summed E-state index contributed by atoms with van der Waals surface area (Å²) in [6.07, 6.45) is 2.14. The van der Waals surface area contributed by atoms with Crippen LogP contribution in [-0.4, -0.2) is 50.5 Å². The summed E-state index contributed by atoms with van der Waals surface area (Å²) in [5.74, 6) is -0.696.